The van der Waals surface area contributed by atoms with Crippen LogP contribution in [0.5, 0.6) is 0 Å². The molecule has 0 amide bonds. The lowest BCUT2D eigenvalue weighted by molar-refractivity contribution is 0.112. The van der Waals surface area contributed by atoms with Crippen LogP contribution in [0.4, 0.5) is 5.82 Å². The molecule has 1 rings (SSSR count). The van der Waals surface area contributed by atoms with Crippen LogP contribution >= 0.6 is 11.6 Å². The molecule has 0 N–H and O–H groups in total. The number of hydrogen-bond acceptors (Lipinski definition) is 4. The van der Waals surface area contributed by atoms with Gasteiger partial charge in [0.15, 0.2) is 6.29 Å². The first-order valence-corrected chi connectivity index (χ1v) is 6.07. The number of carbonyl (C=O) groups excluding carboxylic acids is 1. The summed E-state index contributed by atoms with van der Waals surface area (Å²) in [6.07, 6.45) is 2.10. The zero-order valence-corrected chi connectivity index (χ0v) is 11.4. The molecule has 94 valence electrons. The van der Waals surface area contributed by atoms with Crippen molar-refractivity contribution in [3.05, 3.63) is 17.0 Å². The molecule has 5 heteroatoms. The highest BCUT2D eigenvalue weighted by Crippen LogP contribution is 2.23. The van der Waals surface area contributed by atoms with Crippen LogP contribution in [0.3, 0.4) is 0 Å². The third kappa shape index (κ3) is 3.40. The van der Waals surface area contributed by atoms with Crippen molar-refractivity contribution in [3.8, 4) is 0 Å². The van der Waals surface area contributed by atoms with Gasteiger partial charge in [0, 0.05) is 12.6 Å². The molecule has 0 aromatic carbocycles. The van der Waals surface area contributed by atoms with E-state index in [-0.39, 0.29) is 11.2 Å². The lowest BCUT2D eigenvalue weighted by atomic mass is 10.1. The summed E-state index contributed by atoms with van der Waals surface area (Å²) in [6.45, 7) is 9.20. The summed E-state index contributed by atoms with van der Waals surface area (Å²) in [7, 11) is 0. The molecule has 1 heterocycles. The van der Waals surface area contributed by atoms with E-state index >= 15 is 0 Å². The SMILES string of the molecule is CC(C)CN(c1ncnc(Cl)c1C=O)C(C)C. The molecule has 0 saturated carbocycles. The van der Waals surface area contributed by atoms with Crippen LogP contribution in [0.15, 0.2) is 6.33 Å². The van der Waals surface area contributed by atoms with E-state index in [1.807, 2.05) is 0 Å². The first kappa shape index (κ1) is 13.9. The Bertz CT molecular complexity index is 393. The first-order chi connectivity index (χ1) is 7.97. The Balaban J connectivity index is 3.18. The molecule has 0 aliphatic rings. The molecule has 0 atom stereocenters. The summed E-state index contributed by atoms with van der Waals surface area (Å²) in [4.78, 5) is 21.2. The predicted octanol–water partition coefficient (Wildman–Crippen LogP) is 2.81. The molecule has 0 unspecified atom stereocenters. The second-order valence-electron chi connectivity index (χ2n) is 4.66. The summed E-state index contributed by atoms with van der Waals surface area (Å²) in [5.74, 6) is 1.09. The van der Waals surface area contributed by atoms with E-state index in [2.05, 4.69) is 42.6 Å². The molecular weight excluding hydrogens is 238 g/mol. The zero-order chi connectivity index (χ0) is 13.0. The van der Waals surface area contributed by atoms with Crippen molar-refractivity contribution in [2.75, 3.05) is 11.4 Å². The number of halogens is 1. The van der Waals surface area contributed by atoms with Gasteiger partial charge in [0.2, 0.25) is 0 Å². The summed E-state index contributed by atoms with van der Waals surface area (Å²) in [5, 5.41) is 0.208. The normalized spacial score (nSPS) is 11.0. The van der Waals surface area contributed by atoms with E-state index in [1.54, 1.807) is 0 Å². The highest BCUT2D eigenvalue weighted by Gasteiger charge is 2.19. The number of rotatable bonds is 5. The highest BCUT2D eigenvalue weighted by atomic mass is 35.5. The number of carbonyl (C=O) groups is 1. The van der Waals surface area contributed by atoms with E-state index in [0.29, 0.717) is 23.6 Å². The van der Waals surface area contributed by atoms with Crippen molar-refractivity contribution in [1.29, 1.82) is 0 Å². The van der Waals surface area contributed by atoms with Gasteiger partial charge in [0.1, 0.15) is 17.3 Å². The number of nitrogens with zero attached hydrogens (tertiary/aromatic N) is 3. The van der Waals surface area contributed by atoms with E-state index in [0.717, 1.165) is 6.54 Å². The maximum absolute atomic E-state index is 11.1. The fraction of sp³-hybridized carbons (Fsp3) is 0.583. The molecule has 1 aromatic rings. The van der Waals surface area contributed by atoms with Crippen molar-refractivity contribution in [3.63, 3.8) is 0 Å². The Hall–Kier alpha value is -1.16. The van der Waals surface area contributed by atoms with Crippen LogP contribution in [-0.2, 0) is 0 Å². The Morgan fingerprint density at radius 3 is 2.47 bits per heavy atom. The summed E-state index contributed by atoms with van der Waals surface area (Å²) >= 11 is 5.91. The average Bonchev–Trinajstić information content (AvgIpc) is 2.25. The molecular formula is C12H18ClN3O. The van der Waals surface area contributed by atoms with E-state index in [4.69, 9.17) is 11.6 Å². The van der Waals surface area contributed by atoms with Crippen LogP contribution in [0.1, 0.15) is 38.1 Å². The highest BCUT2D eigenvalue weighted by molar-refractivity contribution is 6.32. The van der Waals surface area contributed by atoms with Crippen molar-refractivity contribution in [2.24, 2.45) is 5.92 Å². The minimum absolute atomic E-state index is 0.208. The molecule has 0 aliphatic carbocycles. The van der Waals surface area contributed by atoms with Gasteiger partial charge in [-0.1, -0.05) is 25.4 Å². The standard InChI is InChI=1S/C12H18ClN3O/c1-8(2)5-16(9(3)4)12-10(6-17)11(13)14-7-15-12/h6-9H,5H2,1-4H3. The molecule has 0 bridgehead atoms. The van der Waals surface area contributed by atoms with E-state index in [1.165, 1.54) is 6.33 Å². The summed E-state index contributed by atoms with van der Waals surface area (Å²) in [6, 6.07) is 0.252. The third-order valence-electron chi connectivity index (χ3n) is 2.39. The smallest absolute Gasteiger partial charge is 0.156 e. The quantitative estimate of drug-likeness (QED) is 0.600. The van der Waals surface area contributed by atoms with Gasteiger partial charge in [-0.25, -0.2) is 9.97 Å². The predicted molar refractivity (Wildman–Crippen MR) is 69.7 cm³/mol. The van der Waals surface area contributed by atoms with Crippen LogP contribution < -0.4 is 4.90 Å². The van der Waals surface area contributed by atoms with Gasteiger partial charge in [0.25, 0.3) is 0 Å². The van der Waals surface area contributed by atoms with Gasteiger partial charge in [-0.2, -0.15) is 0 Å². The second kappa shape index (κ2) is 5.96. The van der Waals surface area contributed by atoms with Crippen LogP contribution in [0, 0.1) is 5.92 Å². The fourth-order valence-corrected chi connectivity index (χ4v) is 1.80. The van der Waals surface area contributed by atoms with Gasteiger partial charge in [-0.3, -0.25) is 4.79 Å². The Kier molecular flexibility index (Phi) is 4.87. The number of hydrogen-bond donors (Lipinski definition) is 0. The number of aromatic nitrogens is 2. The molecule has 0 radical (unpaired) electrons. The minimum atomic E-state index is 0.208. The molecule has 0 spiro atoms. The summed E-state index contributed by atoms with van der Waals surface area (Å²) in [5.41, 5.74) is 0.364. The maximum atomic E-state index is 11.1. The summed E-state index contributed by atoms with van der Waals surface area (Å²) < 4.78 is 0. The lowest BCUT2D eigenvalue weighted by Gasteiger charge is -2.30. The van der Waals surface area contributed by atoms with Crippen molar-refractivity contribution < 1.29 is 4.79 Å². The molecule has 0 saturated heterocycles. The van der Waals surface area contributed by atoms with Gasteiger partial charge in [-0.15, -0.1) is 0 Å². The number of aldehydes is 1. The second-order valence-corrected chi connectivity index (χ2v) is 5.02. The monoisotopic (exact) mass is 255 g/mol. The Morgan fingerprint density at radius 2 is 2.00 bits per heavy atom. The van der Waals surface area contributed by atoms with Crippen LogP contribution in [0.2, 0.25) is 5.15 Å². The first-order valence-electron chi connectivity index (χ1n) is 5.69. The lowest BCUT2D eigenvalue weighted by Crippen LogP contribution is -2.35. The minimum Gasteiger partial charge on any atom is -0.353 e. The zero-order valence-electron chi connectivity index (χ0n) is 10.6. The molecule has 1 aromatic heterocycles. The van der Waals surface area contributed by atoms with E-state index in [9.17, 15) is 4.79 Å². The van der Waals surface area contributed by atoms with Crippen molar-refractivity contribution in [2.45, 2.75) is 33.7 Å². The van der Waals surface area contributed by atoms with Gasteiger partial charge in [0.05, 0.1) is 5.56 Å². The Morgan fingerprint density at radius 1 is 1.35 bits per heavy atom. The molecule has 0 fully saturated rings. The maximum Gasteiger partial charge on any atom is 0.156 e. The Labute approximate surface area is 107 Å². The van der Waals surface area contributed by atoms with Crippen LogP contribution in [-0.4, -0.2) is 28.8 Å². The van der Waals surface area contributed by atoms with Gasteiger partial charge < -0.3 is 4.90 Å². The van der Waals surface area contributed by atoms with Gasteiger partial charge in [-0.05, 0) is 19.8 Å². The largest absolute Gasteiger partial charge is 0.353 e. The molecule has 17 heavy (non-hydrogen) atoms. The van der Waals surface area contributed by atoms with E-state index < -0.39 is 0 Å². The van der Waals surface area contributed by atoms with Crippen molar-refractivity contribution >= 4 is 23.7 Å². The third-order valence-corrected chi connectivity index (χ3v) is 2.69. The molecule has 0 aliphatic heterocycles. The van der Waals surface area contributed by atoms with Crippen molar-refractivity contribution in [1.82, 2.24) is 9.97 Å². The molecule has 4 nitrogen and oxygen atoms in total. The fourth-order valence-electron chi connectivity index (χ4n) is 1.63. The topological polar surface area (TPSA) is 46.1 Å². The van der Waals surface area contributed by atoms with Gasteiger partial charge >= 0.3 is 0 Å². The average molecular weight is 256 g/mol. The number of anilines is 1. The van der Waals surface area contributed by atoms with Crippen LogP contribution in [0.25, 0.3) is 0 Å².